The van der Waals surface area contributed by atoms with Crippen molar-refractivity contribution in [3.8, 4) is 0 Å². The first-order valence-corrected chi connectivity index (χ1v) is 9.98. The fourth-order valence-corrected chi connectivity index (χ4v) is 4.06. The van der Waals surface area contributed by atoms with Gasteiger partial charge in [-0.1, -0.05) is 0 Å². The first-order valence-electron chi connectivity index (χ1n) is 8.69. The number of hydrogen-bond donors (Lipinski definition) is 1. The second-order valence-electron chi connectivity index (χ2n) is 7.78. The molecule has 134 valence electrons. The van der Waals surface area contributed by atoms with Crippen LogP contribution >= 0.6 is 11.8 Å². The van der Waals surface area contributed by atoms with Gasteiger partial charge >= 0.3 is 6.09 Å². The average Bonchev–Trinajstić information content (AvgIpc) is 2.93. The summed E-state index contributed by atoms with van der Waals surface area (Å²) in [6, 6.07) is 0. The van der Waals surface area contributed by atoms with E-state index < -0.39 is 5.60 Å². The van der Waals surface area contributed by atoms with Gasteiger partial charge in [-0.05, 0) is 58.8 Å². The van der Waals surface area contributed by atoms with Crippen LogP contribution < -0.4 is 0 Å². The van der Waals surface area contributed by atoms with Crippen LogP contribution in [-0.4, -0.2) is 76.9 Å². The molecule has 1 amide bonds. The summed E-state index contributed by atoms with van der Waals surface area (Å²) in [6.07, 6.45) is 4.60. The van der Waals surface area contributed by atoms with Gasteiger partial charge in [0.2, 0.25) is 0 Å². The molecular formula is C17H32N2O3S. The van der Waals surface area contributed by atoms with Crippen molar-refractivity contribution in [3.63, 3.8) is 0 Å². The number of nitrogens with zero attached hydrogens (tertiary/aromatic N) is 2. The molecule has 23 heavy (non-hydrogen) atoms. The van der Waals surface area contributed by atoms with Crippen LogP contribution in [0.25, 0.3) is 0 Å². The van der Waals surface area contributed by atoms with Crippen LogP contribution in [0.4, 0.5) is 4.79 Å². The Hall–Kier alpha value is -0.460. The molecule has 0 spiro atoms. The summed E-state index contributed by atoms with van der Waals surface area (Å²) in [5.74, 6) is 0.294. The lowest BCUT2D eigenvalue weighted by Crippen LogP contribution is -2.45. The Morgan fingerprint density at radius 3 is 2.43 bits per heavy atom. The largest absolute Gasteiger partial charge is 0.444 e. The highest BCUT2D eigenvalue weighted by Crippen LogP contribution is 2.25. The summed E-state index contributed by atoms with van der Waals surface area (Å²) in [7, 11) is 0. The number of carbonyl (C=O) groups excluding carboxylic acids is 1. The van der Waals surface area contributed by atoms with Crippen molar-refractivity contribution < 1.29 is 14.6 Å². The minimum atomic E-state index is -0.447. The maximum absolute atomic E-state index is 12.1. The highest BCUT2D eigenvalue weighted by molar-refractivity contribution is 7.99. The van der Waals surface area contributed by atoms with Gasteiger partial charge in [-0.3, -0.25) is 4.90 Å². The maximum atomic E-state index is 12.1. The number of piperidine rings is 1. The summed E-state index contributed by atoms with van der Waals surface area (Å²) in [4.78, 5) is 16.2. The van der Waals surface area contributed by atoms with Crippen LogP contribution in [0.1, 0.15) is 40.0 Å². The van der Waals surface area contributed by atoms with Crippen molar-refractivity contribution in [2.75, 3.05) is 39.0 Å². The predicted molar refractivity (Wildman–Crippen MR) is 94.9 cm³/mol. The molecule has 5 nitrogen and oxygen atoms in total. The van der Waals surface area contributed by atoms with E-state index >= 15 is 0 Å². The van der Waals surface area contributed by atoms with Crippen molar-refractivity contribution in [1.82, 2.24) is 9.80 Å². The van der Waals surface area contributed by atoms with E-state index in [1.165, 1.54) is 6.42 Å². The molecule has 0 aromatic rings. The van der Waals surface area contributed by atoms with Gasteiger partial charge in [0.15, 0.2) is 0 Å². The average molecular weight is 345 g/mol. The van der Waals surface area contributed by atoms with E-state index in [1.54, 1.807) is 4.90 Å². The predicted octanol–water partition coefficient (Wildman–Crippen LogP) is 2.43. The van der Waals surface area contributed by atoms with Crippen LogP contribution in [0.5, 0.6) is 0 Å². The SMILES string of the molecule is CS[C@@H]1CCN(C[C@@H](O)C2CCN(C(=O)OC(C)(C)C)CC2)C1. The van der Waals surface area contributed by atoms with Crippen molar-refractivity contribution in [2.24, 2.45) is 5.92 Å². The molecule has 2 aliphatic rings. The van der Waals surface area contributed by atoms with Gasteiger partial charge in [0.05, 0.1) is 6.10 Å². The molecular weight excluding hydrogens is 312 g/mol. The third-order valence-corrected chi connectivity index (χ3v) is 5.79. The number of rotatable bonds is 4. The van der Waals surface area contributed by atoms with Gasteiger partial charge in [-0.15, -0.1) is 0 Å². The monoisotopic (exact) mass is 344 g/mol. The molecule has 6 heteroatoms. The van der Waals surface area contributed by atoms with E-state index in [-0.39, 0.29) is 12.2 Å². The molecule has 2 atom stereocenters. The van der Waals surface area contributed by atoms with Crippen LogP contribution in [0, 0.1) is 5.92 Å². The lowest BCUT2D eigenvalue weighted by molar-refractivity contribution is 0.00340. The molecule has 2 fully saturated rings. The number of amides is 1. The molecule has 0 bridgehead atoms. The Bertz CT molecular complexity index is 392. The zero-order valence-corrected chi connectivity index (χ0v) is 15.8. The Morgan fingerprint density at radius 2 is 1.91 bits per heavy atom. The lowest BCUT2D eigenvalue weighted by atomic mass is 9.91. The normalized spacial score (nSPS) is 25.6. The maximum Gasteiger partial charge on any atom is 0.410 e. The van der Waals surface area contributed by atoms with Crippen LogP contribution in [-0.2, 0) is 4.74 Å². The lowest BCUT2D eigenvalue weighted by Gasteiger charge is -2.36. The molecule has 0 radical (unpaired) electrons. The van der Waals surface area contributed by atoms with Gasteiger partial charge in [0.1, 0.15) is 5.60 Å². The Labute approximate surface area is 144 Å². The number of hydrogen-bond acceptors (Lipinski definition) is 5. The highest BCUT2D eigenvalue weighted by Gasteiger charge is 2.32. The van der Waals surface area contributed by atoms with Crippen molar-refractivity contribution in [3.05, 3.63) is 0 Å². The second kappa shape index (κ2) is 8.08. The van der Waals surface area contributed by atoms with Gasteiger partial charge in [-0.25, -0.2) is 4.79 Å². The van der Waals surface area contributed by atoms with E-state index in [4.69, 9.17) is 4.74 Å². The van der Waals surface area contributed by atoms with Crippen molar-refractivity contribution in [1.29, 1.82) is 0 Å². The minimum Gasteiger partial charge on any atom is -0.444 e. The number of aliphatic hydroxyl groups is 1. The standard InChI is InChI=1S/C17H32N2O3S/c1-17(2,3)22-16(21)19-9-5-13(6-10-19)15(20)12-18-8-7-14(11-18)23-4/h13-15,20H,5-12H2,1-4H3/t14-,15-/m1/s1. The van der Waals surface area contributed by atoms with Crippen LogP contribution in [0.3, 0.4) is 0 Å². The molecule has 0 aromatic carbocycles. The molecule has 1 N–H and O–H groups in total. The summed E-state index contributed by atoms with van der Waals surface area (Å²) in [5, 5.41) is 11.2. The summed E-state index contributed by atoms with van der Waals surface area (Å²) >= 11 is 1.93. The molecule has 0 unspecified atom stereocenters. The summed E-state index contributed by atoms with van der Waals surface area (Å²) < 4.78 is 5.42. The van der Waals surface area contributed by atoms with Crippen LogP contribution in [0.2, 0.25) is 0 Å². The zero-order valence-electron chi connectivity index (χ0n) is 15.0. The zero-order chi connectivity index (χ0) is 17.0. The van der Waals surface area contributed by atoms with E-state index in [0.717, 1.165) is 37.7 Å². The molecule has 2 aliphatic heterocycles. The van der Waals surface area contributed by atoms with Crippen LogP contribution in [0.15, 0.2) is 0 Å². The third kappa shape index (κ3) is 5.84. The molecule has 2 heterocycles. The van der Waals surface area contributed by atoms with E-state index in [0.29, 0.717) is 19.0 Å². The first kappa shape index (κ1) is 18.9. The van der Waals surface area contributed by atoms with E-state index in [2.05, 4.69) is 11.2 Å². The molecule has 0 aliphatic carbocycles. The first-order chi connectivity index (χ1) is 10.8. The Morgan fingerprint density at radius 1 is 1.26 bits per heavy atom. The summed E-state index contributed by atoms with van der Waals surface area (Å²) in [5.41, 5.74) is -0.447. The molecule has 0 saturated carbocycles. The molecule has 2 saturated heterocycles. The topological polar surface area (TPSA) is 53.0 Å². The highest BCUT2D eigenvalue weighted by atomic mass is 32.2. The number of ether oxygens (including phenoxy) is 1. The van der Waals surface area contributed by atoms with Gasteiger partial charge in [0, 0.05) is 31.4 Å². The molecule has 0 aromatic heterocycles. The minimum absolute atomic E-state index is 0.229. The number of β-amino-alcohol motifs (C(OH)–C–C–N with tert-alkyl or cyclic N) is 1. The third-order valence-electron chi connectivity index (χ3n) is 4.74. The second-order valence-corrected chi connectivity index (χ2v) is 8.92. The smallest absolute Gasteiger partial charge is 0.410 e. The Kier molecular flexibility index (Phi) is 6.63. The van der Waals surface area contributed by atoms with Crippen molar-refractivity contribution >= 4 is 17.9 Å². The van der Waals surface area contributed by atoms with Gasteiger partial charge in [-0.2, -0.15) is 11.8 Å². The van der Waals surface area contributed by atoms with Gasteiger partial charge in [0.25, 0.3) is 0 Å². The quantitative estimate of drug-likeness (QED) is 0.849. The Balaban J connectivity index is 1.72. The fraction of sp³-hybridized carbons (Fsp3) is 0.941. The number of likely N-dealkylation sites (tertiary alicyclic amines) is 2. The summed E-state index contributed by atoms with van der Waals surface area (Å²) in [6.45, 7) is 9.99. The molecule has 2 rings (SSSR count). The number of aliphatic hydroxyl groups excluding tert-OH is 1. The van der Waals surface area contributed by atoms with Crippen molar-refractivity contribution in [2.45, 2.75) is 57.0 Å². The number of carbonyl (C=O) groups is 1. The fourth-order valence-electron chi connectivity index (χ4n) is 3.36. The van der Waals surface area contributed by atoms with E-state index in [1.807, 2.05) is 32.5 Å². The number of thioether (sulfide) groups is 1. The van der Waals surface area contributed by atoms with Gasteiger partial charge < -0.3 is 14.7 Å². The van der Waals surface area contributed by atoms with E-state index in [9.17, 15) is 9.90 Å².